The van der Waals surface area contributed by atoms with Gasteiger partial charge in [-0.1, -0.05) is 158 Å². The molecular formula is C51H35N3O. The lowest BCUT2D eigenvalue weighted by Gasteiger charge is -2.24. The number of aliphatic imine (C=N–C) groups is 2. The number of hydrogen-bond acceptors (Lipinski definition) is 4. The molecule has 2 heterocycles. The SMILES string of the molecule is c1ccc(C2=NC(c3ccccc3)NC(c3cc(-c4cccc(-c5cc(-c6ccccc6)cc(-c6ccccc6)c5)c4)c4c(c3)oc3ccccc34)=N2)cc1. The molecule has 4 nitrogen and oxygen atoms in total. The Kier molecular flexibility index (Phi) is 8.19. The molecule has 260 valence electrons. The van der Waals surface area contributed by atoms with Crippen LogP contribution in [0.4, 0.5) is 0 Å². The minimum absolute atomic E-state index is 0.308. The molecule has 0 bridgehead atoms. The summed E-state index contributed by atoms with van der Waals surface area (Å²) in [6.45, 7) is 0. The average molecular weight is 706 g/mol. The van der Waals surface area contributed by atoms with Crippen LogP contribution in [0.25, 0.3) is 66.4 Å². The van der Waals surface area contributed by atoms with Crippen molar-refractivity contribution in [1.29, 1.82) is 0 Å². The second kappa shape index (κ2) is 13.9. The first-order valence-electron chi connectivity index (χ1n) is 18.6. The Morgan fingerprint density at radius 2 is 0.927 bits per heavy atom. The van der Waals surface area contributed by atoms with Crippen LogP contribution in [-0.2, 0) is 0 Å². The summed E-state index contributed by atoms with van der Waals surface area (Å²) in [6.07, 6.45) is -0.308. The number of nitrogens with one attached hydrogen (secondary N) is 1. The normalized spacial score (nSPS) is 14.0. The van der Waals surface area contributed by atoms with E-state index in [0.29, 0.717) is 5.84 Å². The second-order valence-corrected chi connectivity index (χ2v) is 13.8. The van der Waals surface area contributed by atoms with Gasteiger partial charge in [-0.25, -0.2) is 9.98 Å². The van der Waals surface area contributed by atoms with Crippen LogP contribution in [0.15, 0.2) is 215 Å². The first-order chi connectivity index (χ1) is 27.2. The van der Waals surface area contributed by atoms with Crippen molar-refractivity contribution in [2.75, 3.05) is 0 Å². The zero-order valence-corrected chi connectivity index (χ0v) is 29.9. The molecule has 0 radical (unpaired) electrons. The third kappa shape index (κ3) is 6.30. The monoisotopic (exact) mass is 705 g/mol. The number of furan rings is 1. The van der Waals surface area contributed by atoms with E-state index in [1.807, 2.05) is 48.5 Å². The van der Waals surface area contributed by atoms with Gasteiger partial charge in [0.15, 0.2) is 5.84 Å². The first-order valence-corrected chi connectivity index (χ1v) is 18.6. The molecular weight excluding hydrogens is 671 g/mol. The van der Waals surface area contributed by atoms with Gasteiger partial charge in [-0.2, -0.15) is 0 Å². The van der Waals surface area contributed by atoms with Crippen molar-refractivity contribution in [2.24, 2.45) is 9.98 Å². The highest BCUT2D eigenvalue weighted by Crippen LogP contribution is 2.40. The van der Waals surface area contributed by atoms with E-state index in [9.17, 15) is 0 Å². The molecule has 0 saturated heterocycles. The molecule has 1 aliphatic rings. The molecule has 8 aromatic carbocycles. The minimum atomic E-state index is -0.308. The summed E-state index contributed by atoms with van der Waals surface area (Å²) in [5.74, 6) is 1.43. The Morgan fingerprint density at radius 1 is 0.400 bits per heavy atom. The topological polar surface area (TPSA) is 49.9 Å². The van der Waals surface area contributed by atoms with Gasteiger partial charge >= 0.3 is 0 Å². The molecule has 0 saturated carbocycles. The van der Waals surface area contributed by atoms with Crippen LogP contribution in [-0.4, -0.2) is 11.7 Å². The molecule has 1 atom stereocenters. The fourth-order valence-electron chi connectivity index (χ4n) is 7.59. The van der Waals surface area contributed by atoms with Crippen molar-refractivity contribution in [3.63, 3.8) is 0 Å². The third-order valence-electron chi connectivity index (χ3n) is 10.3. The molecule has 1 unspecified atom stereocenters. The number of hydrogen-bond donors (Lipinski definition) is 1. The maximum Gasteiger partial charge on any atom is 0.159 e. The van der Waals surface area contributed by atoms with Crippen molar-refractivity contribution in [3.05, 3.63) is 217 Å². The summed E-state index contributed by atoms with van der Waals surface area (Å²) in [5.41, 5.74) is 13.8. The molecule has 1 aromatic heterocycles. The first kappa shape index (κ1) is 32.4. The van der Waals surface area contributed by atoms with Gasteiger partial charge in [-0.3, -0.25) is 0 Å². The van der Waals surface area contributed by atoms with Gasteiger partial charge in [0, 0.05) is 21.9 Å². The molecule has 1 N–H and O–H groups in total. The van der Waals surface area contributed by atoms with Crippen LogP contribution in [0.3, 0.4) is 0 Å². The Morgan fingerprint density at radius 3 is 1.60 bits per heavy atom. The predicted octanol–water partition coefficient (Wildman–Crippen LogP) is 12.7. The molecule has 4 heteroatoms. The number of para-hydroxylation sites is 1. The summed E-state index contributed by atoms with van der Waals surface area (Å²) < 4.78 is 6.60. The summed E-state index contributed by atoms with van der Waals surface area (Å²) in [5, 5.41) is 5.82. The van der Waals surface area contributed by atoms with Gasteiger partial charge in [0.25, 0.3) is 0 Å². The highest BCUT2D eigenvalue weighted by Gasteiger charge is 2.23. The van der Waals surface area contributed by atoms with Crippen molar-refractivity contribution in [3.8, 4) is 44.5 Å². The van der Waals surface area contributed by atoms with Crippen LogP contribution in [0.2, 0.25) is 0 Å². The highest BCUT2D eigenvalue weighted by molar-refractivity contribution is 6.18. The Bertz CT molecular complexity index is 2820. The molecule has 0 amide bonds. The Balaban J connectivity index is 1.15. The van der Waals surface area contributed by atoms with E-state index in [1.165, 1.54) is 22.3 Å². The molecule has 0 aliphatic carbocycles. The predicted molar refractivity (Wildman–Crippen MR) is 227 cm³/mol. The smallest absolute Gasteiger partial charge is 0.159 e. The van der Waals surface area contributed by atoms with Crippen molar-refractivity contribution >= 4 is 33.6 Å². The summed E-state index contributed by atoms with van der Waals surface area (Å²) in [7, 11) is 0. The standard InChI is InChI=1S/C51H35N3O/c1-5-16-34(17-6-1)40-29-41(35-18-7-2-8-19-35)31-42(30-40)38-24-15-25-39(28-38)45-32-43(33-47-48(45)44-26-13-14-27-46(44)55-47)51-53-49(36-20-9-3-10-21-36)52-50(54-51)37-22-11-4-12-23-37/h1-33,49H,(H,52,53,54). The zero-order valence-electron chi connectivity index (χ0n) is 29.9. The van der Waals surface area contributed by atoms with E-state index >= 15 is 0 Å². The van der Waals surface area contributed by atoms with Crippen LogP contribution in [0.5, 0.6) is 0 Å². The molecule has 0 fully saturated rings. The summed E-state index contributed by atoms with van der Waals surface area (Å²) in [4.78, 5) is 10.2. The Hall–Kier alpha value is -7.30. The Labute approximate surface area is 319 Å². The van der Waals surface area contributed by atoms with Crippen LogP contribution in [0, 0.1) is 0 Å². The number of amidine groups is 2. The largest absolute Gasteiger partial charge is 0.456 e. The van der Waals surface area contributed by atoms with Crippen molar-refractivity contribution in [1.82, 2.24) is 5.32 Å². The zero-order chi connectivity index (χ0) is 36.6. The van der Waals surface area contributed by atoms with Crippen LogP contribution >= 0.6 is 0 Å². The van der Waals surface area contributed by atoms with Gasteiger partial charge in [0.05, 0.1) is 0 Å². The highest BCUT2D eigenvalue weighted by atomic mass is 16.3. The number of fused-ring (bicyclic) bond motifs is 3. The number of rotatable bonds is 7. The molecule has 55 heavy (non-hydrogen) atoms. The van der Waals surface area contributed by atoms with E-state index < -0.39 is 0 Å². The van der Waals surface area contributed by atoms with Gasteiger partial charge in [0.2, 0.25) is 0 Å². The van der Waals surface area contributed by atoms with Crippen molar-refractivity contribution < 1.29 is 4.42 Å². The summed E-state index contributed by atoms with van der Waals surface area (Å²) >= 11 is 0. The minimum Gasteiger partial charge on any atom is -0.456 e. The average Bonchev–Trinajstić information content (AvgIpc) is 3.66. The van der Waals surface area contributed by atoms with E-state index in [0.717, 1.165) is 66.7 Å². The van der Waals surface area contributed by atoms with Gasteiger partial charge in [0.1, 0.15) is 23.2 Å². The summed E-state index contributed by atoms with van der Waals surface area (Å²) in [6, 6.07) is 70.1. The quantitative estimate of drug-likeness (QED) is 0.179. The van der Waals surface area contributed by atoms with E-state index in [-0.39, 0.29) is 6.17 Å². The number of nitrogens with zero attached hydrogens (tertiary/aromatic N) is 2. The maximum absolute atomic E-state index is 6.60. The van der Waals surface area contributed by atoms with E-state index in [4.69, 9.17) is 14.4 Å². The molecule has 1 aliphatic heterocycles. The maximum atomic E-state index is 6.60. The van der Waals surface area contributed by atoms with E-state index in [1.54, 1.807) is 0 Å². The molecule has 0 spiro atoms. The van der Waals surface area contributed by atoms with Crippen LogP contribution < -0.4 is 5.32 Å². The lowest BCUT2D eigenvalue weighted by molar-refractivity contribution is 0.666. The number of benzene rings is 8. The molecule has 9 aromatic rings. The fraction of sp³-hybridized carbons (Fsp3) is 0.0196. The van der Waals surface area contributed by atoms with E-state index in [2.05, 4.69) is 157 Å². The lowest BCUT2D eigenvalue weighted by atomic mass is 9.91. The second-order valence-electron chi connectivity index (χ2n) is 13.8. The van der Waals surface area contributed by atoms with Gasteiger partial charge < -0.3 is 9.73 Å². The molecule has 10 rings (SSSR count). The van der Waals surface area contributed by atoms with Crippen molar-refractivity contribution in [2.45, 2.75) is 6.17 Å². The lowest BCUT2D eigenvalue weighted by Crippen LogP contribution is -2.33. The van der Waals surface area contributed by atoms with Crippen LogP contribution in [0.1, 0.15) is 22.9 Å². The third-order valence-corrected chi connectivity index (χ3v) is 10.3. The van der Waals surface area contributed by atoms with Gasteiger partial charge in [-0.15, -0.1) is 0 Å². The fourth-order valence-corrected chi connectivity index (χ4v) is 7.59. The van der Waals surface area contributed by atoms with Gasteiger partial charge in [-0.05, 0) is 92.5 Å².